The van der Waals surface area contributed by atoms with Crippen LogP contribution in [-0.2, 0) is 14.3 Å². The number of hydrogen-bond donors (Lipinski definition) is 1. The van der Waals surface area contributed by atoms with Gasteiger partial charge in [-0.25, -0.2) is 0 Å². The Bertz CT molecular complexity index is 478. The fourth-order valence-electron chi connectivity index (χ4n) is 2.53. The average molecular weight is 289 g/mol. The van der Waals surface area contributed by atoms with Crippen LogP contribution in [0.25, 0.3) is 0 Å². The maximum absolute atomic E-state index is 12.4. The number of nitrogens with one attached hydrogen (secondary N) is 1. The van der Waals surface area contributed by atoms with Crippen LogP contribution in [-0.4, -0.2) is 24.4 Å². The SMILES string of the molecule is CC(C)C(=O)[C@H](NC(=O)CC1CCCO1)c1ccccc1. The summed E-state index contributed by atoms with van der Waals surface area (Å²) in [5.74, 6) is -0.218. The van der Waals surface area contributed by atoms with E-state index in [9.17, 15) is 9.59 Å². The summed E-state index contributed by atoms with van der Waals surface area (Å²) in [5, 5.41) is 2.87. The lowest BCUT2D eigenvalue weighted by molar-refractivity contribution is -0.130. The normalized spacial score (nSPS) is 19.5. The van der Waals surface area contributed by atoms with E-state index in [1.807, 2.05) is 44.2 Å². The van der Waals surface area contributed by atoms with E-state index in [0.29, 0.717) is 6.42 Å². The summed E-state index contributed by atoms with van der Waals surface area (Å²) in [5.41, 5.74) is 0.830. The van der Waals surface area contributed by atoms with Gasteiger partial charge in [-0.05, 0) is 18.4 Å². The van der Waals surface area contributed by atoms with Gasteiger partial charge in [-0.2, -0.15) is 0 Å². The second kappa shape index (κ2) is 7.36. The third-order valence-corrected chi connectivity index (χ3v) is 3.73. The average Bonchev–Trinajstić information content (AvgIpc) is 2.97. The number of hydrogen-bond acceptors (Lipinski definition) is 3. The predicted molar refractivity (Wildman–Crippen MR) is 80.8 cm³/mol. The van der Waals surface area contributed by atoms with Crippen molar-refractivity contribution in [2.24, 2.45) is 5.92 Å². The molecule has 0 bridgehead atoms. The van der Waals surface area contributed by atoms with Crippen molar-refractivity contribution in [3.63, 3.8) is 0 Å². The number of ether oxygens (including phenoxy) is 1. The molecule has 0 spiro atoms. The van der Waals surface area contributed by atoms with Crippen LogP contribution in [0, 0.1) is 5.92 Å². The van der Waals surface area contributed by atoms with Crippen LogP contribution in [0.4, 0.5) is 0 Å². The smallest absolute Gasteiger partial charge is 0.223 e. The zero-order chi connectivity index (χ0) is 15.2. The Morgan fingerprint density at radius 1 is 1.29 bits per heavy atom. The van der Waals surface area contributed by atoms with Crippen molar-refractivity contribution >= 4 is 11.7 Å². The van der Waals surface area contributed by atoms with Gasteiger partial charge in [0.15, 0.2) is 5.78 Å². The standard InChI is InChI=1S/C17H23NO3/c1-12(2)17(20)16(13-7-4-3-5-8-13)18-15(19)11-14-9-6-10-21-14/h3-5,7-8,12,14,16H,6,9-11H2,1-2H3,(H,18,19)/t14?,16-/m1/s1. The van der Waals surface area contributed by atoms with Crippen LogP contribution >= 0.6 is 0 Å². The Morgan fingerprint density at radius 3 is 2.57 bits per heavy atom. The zero-order valence-corrected chi connectivity index (χ0v) is 12.7. The Kier molecular flexibility index (Phi) is 5.51. The molecular weight excluding hydrogens is 266 g/mol. The van der Waals surface area contributed by atoms with E-state index in [4.69, 9.17) is 4.74 Å². The minimum Gasteiger partial charge on any atom is -0.378 e. The van der Waals surface area contributed by atoms with Gasteiger partial charge in [-0.1, -0.05) is 44.2 Å². The molecule has 1 aliphatic rings. The summed E-state index contributed by atoms with van der Waals surface area (Å²) >= 11 is 0. The first kappa shape index (κ1) is 15.7. The van der Waals surface area contributed by atoms with Crippen LogP contribution in [0.5, 0.6) is 0 Å². The maximum atomic E-state index is 12.4. The van der Waals surface area contributed by atoms with Crippen LogP contribution in [0.2, 0.25) is 0 Å². The summed E-state index contributed by atoms with van der Waals surface area (Å²) in [4.78, 5) is 24.5. The zero-order valence-electron chi connectivity index (χ0n) is 12.7. The first-order chi connectivity index (χ1) is 10.1. The fraction of sp³-hybridized carbons (Fsp3) is 0.529. The molecule has 1 aromatic carbocycles. The number of benzene rings is 1. The van der Waals surface area contributed by atoms with Gasteiger partial charge in [0.1, 0.15) is 6.04 Å². The van der Waals surface area contributed by atoms with Crippen LogP contribution in [0.3, 0.4) is 0 Å². The summed E-state index contributed by atoms with van der Waals surface area (Å²) in [6.45, 7) is 4.43. The van der Waals surface area contributed by atoms with Gasteiger partial charge < -0.3 is 10.1 Å². The topological polar surface area (TPSA) is 55.4 Å². The number of Topliss-reactive ketones (excluding diaryl/α,β-unsaturated/α-hetero) is 1. The van der Waals surface area contributed by atoms with Crippen molar-refractivity contribution in [2.45, 2.75) is 45.3 Å². The molecule has 21 heavy (non-hydrogen) atoms. The number of carbonyl (C=O) groups excluding carboxylic acids is 2. The molecule has 4 heteroatoms. The molecule has 2 rings (SSSR count). The van der Waals surface area contributed by atoms with Crippen molar-refractivity contribution in [2.75, 3.05) is 6.61 Å². The quantitative estimate of drug-likeness (QED) is 0.876. The molecule has 0 aromatic heterocycles. The molecule has 2 atom stereocenters. The first-order valence-electron chi connectivity index (χ1n) is 7.57. The highest BCUT2D eigenvalue weighted by atomic mass is 16.5. The van der Waals surface area contributed by atoms with Crippen molar-refractivity contribution in [1.29, 1.82) is 0 Å². The number of amides is 1. The summed E-state index contributed by atoms with van der Waals surface area (Å²) < 4.78 is 5.47. The maximum Gasteiger partial charge on any atom is 0.223 e. The van der Waals surface area contributed by atoms with E-state index in [-0.39, 0.29) is 23.7 Å². The van der Waals surface area contributed by atoms with Crippen LogP contribution in [0.15, 0.2) is 30.3 Å². The molecule has 0 radical (unpaired) electrons. The van der Waals surface area contributed by atoms with Gasteiger partial charge in [0.25, 0.3) is 0 Å². The third-order valence-electron chi connectivity index (χ3n) is 3.73. The van der Waals surface area contributed by atoms with E-state index >= 15 is 0 Å². The highest BCUT2D eigenvalue weighted by Gasteiger charge is 2.26. The highest BCUT2D eigenvalue weighted by molar-refractivity contribution is 5.91. The molecule has 1 heterocycles. The van der Waals surface area contributed by atoms with Crippen LogP contribution in [0.1, 0.15) is 44.7 Å². The summed E-state index contributed by atoms with van der Waals surface area (Å²) in [6, 6.07) is 8.83. The molecule has 114 valence electrons. The van der Waals surface area contributed by atoms with Gasteiger partial charge in [-0.3, -0.25) is 9.59 Å². The van der Waals surface area contributed by atoms with E-state index in [1.165, 1.54) is 0 Å². The van der Waals surface area contributed by atoms with Gasteiger partial charge in [0.2, 0.25) is 5.91 Å². The molecule has 1 saturated heterocycles. The monoisotopic (exact) mass is 289 g/mol. The van der Waals surface area contributed by atoms with Gasteiger partial charge in [0, 0.05) is 12.5 Å². The second-order valence-electron chi connectivity index (χ2n) is 5.81. The molecule has 1 N–H and O–H groups in total. The fourth-order valence-corrected chi connectivity index (χ4v) is 2.53. The minimum absolute atomic E-state index is 0.00410. The lowest BCUT2D eigenvalue weighted by Gasteiger charge is -2.21. The third kappa shape index (κ3) is 4.39. The Morgan fingerprint density at radius 2 is 2.00 bits per heavy atom. The second-order valence-corrected chi connectivity index (χ2v) is 5.81. The molecule has 1 aromatic rings. The Hall–Kier alpha value is -1.68. The Labute approximate surface area is 125 Å². The van der Waals surface area contributed by atoms with Gasteiger partial charge in [-0.15, -0.1) is 0 Å². The van der Waals surface area contributed by atoms with E-state index in [2.05, 4.69) is 5.32 Å². The van der Waals surface area contributed by atoms with Gasteiger partial charge in [0.05, 0.1) is 12.5 Å². The van der Waals surface area contributed by atoms with Crippen molar-refractivity contribution < 1.29 is 14.3 Å². The van der Waals surface area contributed by atoms with E-state index in [0.717, 1.165) is 25.0 Å². The van der Waals surface area contributed by atoms with E-state index < -0.39 is 6.04 Å². The van der Waals surface area contributed by atoms with Crippen molar-refractivity contribution in [3.8, 4) is 0 Å². The predicted octanol–water partition coefficient (Wildman–Crippen LogP) is 2.64. The largest absolute Gasteiger partial charge is 0.378 e. The molecule has 1 unspecified atom stereocenters. The lowest BCUT2D eigenvalue weighted by atomic mass is 9.95. The summed E-state index contributed by atoms with van der Waals surface area (Å²) in [6.07, 6.45) is 2.25. The highest BCUT2D eigenvalue weighted by Crippen LogP contribution is 2.20. The molecule has 0 saturated carbocycles. The first-order valence-corrected chi connectivity index (χ1v) is 7.57. The number of carbonyl (C=O) groups is 2. The molecule has 1 amide bonds. The van der Waals surface area contributed by atoms with Crippen molar-refractivity contribution in [3.05, 3.63) is 35.9 Å². The van der Waals surface area contributed by atoms with Gasteiger partial charge >= 0.3 is 0 Å². The molecule has 4 nitrogen and oxygen atoms in total. The molecule has 1 fully saturated rings. The molecule has 0 aliphatic carbocycles. The number of rotatable bonds is 6. The number of ketones is 1. The summed E-state index contributed by atoms with van der Waals surface area (Å²) in [7, 11) is 0. The van der Waals surface area contributed by atoms with E-state index in [1.54, 1.807) is 0 Å². The minimum atomic E-state index is -0.569. The van der Waals surface area contributed by atoms with Crippen molar-refractivity contribution in [1.82, 2.24) is 5.32 Å². The molecule has 1 aliphatic heterocycles. The Balaban J connectivity index is 2.05. The van der Waals surface area contributed by atoms with Crippen LogP contribution < -0.4 is 5.32 Å². The molecular formula is C17H23NO3. The lowest BCUT2D eigenvalue weighted by Crippen LogP contribution is -2.37.